The number of aromatic nitrogens is 1. The highest BCUT2D eigenvalue weighted by Gasteiger charge is 2.16. The van der Waals surface area contributed by atoms with Crippen LogP contribution in [-0.2, 0) is 0 Å². The van der Waals surface area contributed by atoms with Gasteiger partial charge in [0.2, 0.25) is 0 Å². The van der Waals surface area contributed by atoms with Gasteiger partial charge >= 0.3 is 0 Å². The second kappa shape index (κ2) is 7.61. The summed E-state index contributed by atoms with van der Waals surface area (Å²) >= 11 is 3.44. The summed E-state index contributed by atoms with van der Waals surface area (Å²) in [5, 5.41) is 2.96. The van der Waals surface area contributed by atoms with E-state index in [-0.39, 0.29) is 5.91 Å². The molecular weight excluding hydrogens is 342 g/mol. The molecule has 3 N–H and O–H groups in total. The molecule has 118 valence electrons. The van der Waals surface area contributed by atoms with Crippen LogP contribution in [0.1, 0.15) is 34.6 Å². The summed E-state index contributed by atoms with van der Waals surface area (Å²) in [6, 6.07) is 10.0. The summed E-state index contributed by atoms with van der Waals surface area (Å²) in [5.74, 6) is -0.0199. The molecule has 0 aliphatic carbocycles. The highest BCUT2D eigenvalue weighted by atomic mass is 79.9. The van der Waals surface area contributed by atoms with Gasteiger partial charge in [0.05, 0.1) is 5.56 Å². The number of benzene rings is 1. The zero-order chi connectivity index (χ0) is 16.1. The first-order valence-corrected chi connectivity index (χ1v) is 8.27. The Bertz CT molecular complexity index is 647. The van der Waals surface area contributed by atoms with Gasteiger partial charge in [-0.1, -0.05) is 15.9 Å². The summed E-state index contributed by atoms with van der Waals surface area (Å²) in [7, 11) is 0. The van der Waals surface area contributed by atoms with E-state index in [1.54, 1.807) is 0 Å². The van der Waals surface area contributed by atoms with Crippen molar-refractivity contribution in [2.24, 2.45) is 5.73 Å². The van der Waals surface area contributed by atoms with Gasteiger partial charge in [0.15, 0.2) is 0 Å². The Hall–Kier alpha value is -1.59. The molecule has 0 saturated carbocycles. The van der Waals surface area contributed by atoms with Gasteiger partial charge in [-0.25, -0.2) is 0 Å². The van der Waals surface area contributed by atoms with Gasteiger partial charge in [-0.3, -0.25) is 4.79 Å². The van der Waals surface area contributed by atoms with Crippen molar-refractivity contribution in [3.63, 3.8) is 0 Å². The Morgan fingerprint density at radius 2 is 1.91 bits per heavy atom. The van der Waals surface area contributed by atoms with Gasteiger partial charge in [0.25, 0.3) is 5.91 Å². The Kier molecular flexibility index (Phi) is 5.80. The molecule has 0 aliphatic heterocycles. The standard InChI is InChI=1S/C17H22BrN3O/c1-12-11-16(17(22)20-10-4-3-9-19)13(2)21(12)15-7-5-14(18)6-8-15/h5-8,11H,3-4,9-10,19H2,1-2H3,(H,20,22). The highest BCUT2D eigenvalue weighted by Crippen LogP contribution is 2.22. The van der Waals surface area contributed by atoms with Crippen molar-refractivity contribution in [2.45, 2.75) is 26.7 Å². The topological polar surface area (TPSA) is 60.1 Å². The quantitative estimate of drug-likeness (QED) is 0.773. The molecule has 0 saturated heterocycles. The number of carbonyl (C=O) groups is 1. The molecule has 0 radical (unpaired) electrons. The minimum absolute atomic E-state index is 0.0199. The number of nitrogens with two attached hydrogens (primary N) is 1. The van der Waals surface area contributed by atoms with Gasteiger partial charge in [-0.15, -0.1) is 0 Å². The van der Waals surface area contributed by atoms with Crippen LogP contribution in [0.5, 0.6) is 0 Å². The maximum Gasteiger partial charge on any atom is 0.253 e. The van der Waals surface area contributed by atoms with Gasteiger partial charge in [-0.05, 0) is 63.6 Å². The summed E-state index contributed by atoms with van der Waals surface area (Å²) in [4.78, 5) is 12.3. The van der Waals surface area contributed by atoms with Gasteiger partial charge in [-0.2, -0.15) is 0 Å². The molecule has 4 nitrogen and oxygen atoms in total. The van der Waals surface area contributed by atoms with Crippen molar-refractivity contribution in [1.29, 1.82) is 0 Å². The molecule has 2 aromatic rings. The maximum atomic E-state index is 12.3. The number of carbonyl (C=O) groups excluding carboxylic acids is 1. The summed E-state index contributed by atoms with van der Waals surface area (Å²) in [5.41, 5.74) is 9.25. The third kappa shape index (κ3) is 3.78. The van der Waals surface area contributed by atoms with E-state index in [2.05, 4.69) is 25.8 Å². The van der Waals surface area contributed by atoms with E-state index in [1.807, 2.05) is 44.2 Å². The first kappa shape index (κ1) is 16.8. The van der Waals surface area contributed by atoms with Crippen LogP contribution in [0.4, 0.5) is 0 Å². The summed E-state index contributed by atoms with van der Waals surface area (Å²) < 4.78 is 3.14. The molecule has 0 atom stereocenters. The molecule has 5 heteroatoms. The number of hydrogen-bond donors (Lipinski definition) is 2. The average molecular weight is 364 g/mol. The number of hydrogen-bond acceptors (Lipinski definition) is 2. The third-order valence-electron chi connectivity index (χ3n) is 3.68. The predicted octanol–water partition coefficient (Wildman–Crippen LogP) is 3.33. The minimum Gasteiger partial charge on any atom is -0.352 e. The van der Waals surface area contributed by atoms with Crippen molar-refractivity contribution in [1.82, 2.24) is 9.88 Å². The number of rotatable bonds is 6. The molecule has 1 aromatic heterocycles. The van der Waals surface area contributed by atoms with E-state index in [9.17, 15) is 4.79 Å². The molecule has 1 amide bonds. The van der Waals surface area contributed by atoms with E-state index in [4.69, 9.17) is 5.73 Å². The molecule has 0 spiro atoms. The number of halogens is 1. The fourth-order valence-corrected chi connectivity index (χ4v) is 2.81. The molecular formula is C17H22BrN3O. The first-order chi connectivity index (χ1) is 10.5. The minimum atomic E-state index is -0.0199. The largest absolute Gasteiger partial charge is 0.352 e. The normalized spacial score (nSPS) is 10.7. The molecule has 22 heavy (non-hydrogen) atoms. The molecule has 0 bridgehead atoms. The predicted molar refractivity (Wildman–Crippen MR) is 93.6 cm³/mol. The fraction of sp³-hybridized carbons (Fsp3) is 0.353. The molecule has 2 rings (SSSR count). The van der Waals surface area contributed by atoms with Crippen molar-refractivity contribution < 1.29 is 4.79 Å². The van der Waals surface area contributed by atoms with Crippen LogP contribution >= 0.6 is 15.9 Å². The molecule has 0 unspecified atom stereocenters. The zero-order valence-corrected chi connectivity index (χ0v) is 14.6. The van der Waals surface area contributed by atoms with Crippen LogP contribution in [0.3, 0.4) is 0 Å². The average Bonchev–Trinajstić information content (AvgIpc) is 2.80. The van der Waals surface area contributed by atoms with E-state index in [0.29, 0.717) is 13.1 Å². The van der Waals surface area contributed by atoms with Crippen LogP contribution in [0.25, 0.3) is 5.69 Å². The maximum absolute atomic E-state index is 12.3. The van der Waals surface area contributed by atoms with E-state index >= 15 is 0 Å². The number of nitrogens with zero attached hydrogens (tertiary/aromatic N) is 1. The molecule has 0 aliphatic rings. The van der Waals surface area contributed by atoms with Gasteiger partial charge in [0.1, 0.15) is 0 Å². The fourth-order valence-electron chi connectivity index (χ4n) is 2.55. The second-order valence-corrected chi connectivity index (χ2v) is 6.26. The Balaban J connectivity index is 2.19. The summed E-state index contributed by atoms with van der Waals surface area (Å²) in [6.45, 7) is 5.32. The number of amides is 1. The molecule has 0 fully saturated rings. The second-order valence-electron chi connectivity index (χ2n) is 5.35. The van der Waals surface area contributed by atoms with E-state index in [0.717, 1.165) is 40.0 Å². The lowest BCUT2D eigenvalue weighted by atomic mass is 10.2. The Morgan fingerprint density at radius 1 is 1.23 bits per heavy atom. The van der Waals surface area contributed by atoms with Crippen LogP contribution in [0, 0.1) is 13.8 Å². The van der Waals surface area contributed by atoms with Gasteiger partial charge in [0, 0.05) is 28.1 Å². The lowest BCUT2D eigenvalue weighted by Crippen LogP contribution is -2.25. The Morgan fingerprint density at radius 3 is 2.55 bits per heavy atom. The zero-order valence-electron chi connectivity index (χ0n) is 13.0. The van der Waals surface area contributed by atoms with Crippen LogP contribution < -0.4 is 11.1 Å². The Labute approximate surface area is 139 Å². The van der Waals surface area contributed by atoms with Crippen molar-refractivity contribution in [2.75, 3.05) is 13.1 Å². The number of unbranched alkanes of at least 4 members (excludes halogenated alkanes) is 1. The SMILES string of the molecule is Cc1cc(C(=O)NCCCCN)c(C)n1-c1ccc(Br)cc1. The van der Waals surface area contributed by atoms with Crippen LogP contribution in [-0.4, -0.2) is 23.6 Å². The highest BCUT2D eigenvalue weighted by molar-refractivity contribution is 9.10. The van der Waals surface area contributed by atoms with E-state index in [1.165, 1.54) is 0 Å². The first-order valence-electron chi connectivity index (χ1n) is 7.47. The monoisotopic (exact) mass is 363 g/mol. The van der Waals surface area contributed by atoms with Crippen molar-refractivity contribution >= 4 is 21.8 Å². The number of aryl methyl sites for hydroxylation is 1. The van der Waals surface area contributed by atoms with Gasteiger partial charge < -0.3 is 15.6 Å². The van der Waals surface area contributed by atoms with Crippen LogP contribution in [0.2, 0.25) is 0 Å². The number of nitrogens with one attached hydrogen (secondary N) is 1. The smallest absolute Gasteiger partial charge is 0.253 e. The lowest BCUT2D eigenvalue weighted by molar-refractivity contribution is 0.0952. The third-order valence-corrected chi connectivity index (χ3v) is 4.21. The lowest BCUT2D eigenvalue weighted by Gasteiger charge is -2.10. The van der Waals surface area contributed by atoms with Crippen molar-refractivity contribution in [3.05, 3.63) is 51.8 Å². The molecule has 1 heterocycles. The van der Waals surface area contributed by atoms with Crippen molar-refractivity contribution in [3.8, 4) is 5.69 Å². The molecule has 1 aromatic carbocycles. The summed E-state index contributed by atoms with van der Waals surface area (Å²) in [6.07, 6.45) is 1.84. The van der Waals surface area contributed by atoms with Crippen LogP contribution in [0.15, 0.2) is 34.8 Å². The van der Waals surface area contributed by atoms with E-state index < -0.39 is 0 Å².